The number of carbonyl (C=O) groups excluding carboxylic acids is 1. The van der Waals surface area contributed by atoms with E-state index in [9.17, 15) is 4.79 Å². The van der Waals surface area contributed by atoms with Crippen LogP contribution in [0.1, 0.15) is 11.6 Å². The number of aromatic nitrogens is 1. The summed E-state index contributed by atoms with van der Waals surface area (Å²) in [5, 5.41) is 1.16. The van der Waals surface area contributed by atoms with Crippen molar-refractivity contribution in [3.8, 4) is 0 Å². The van der Waals surface area contributed by atoms with Gasteiger partial charge in [-0.15, -0.1) is 18.3 Å². The molecule has 0 fully saturated rings. The molecule has 0 radical (unpaired) electrons. The maximum absolute atomic E-state index is 11.9. The van der Waals surface area contributed by atoms with E-state index in [0.29, 0.717) is 0 Å². The molecule has 0 saturated heterocycles. The molecule has 19 heavy (non-hydrogen) atoms. The van der Waals surface area contributed by atoms with Crippen LogP contribution in [-0.2, 0) is 16.6 Å². The maximum Gasteiger partial charge on any atom is 0.318 e. The van der Waals surface area contributed by atoms with E-state index in [2.05, 4.69) is 18.7 Å². The van der Waals surface area contributed by atoms with Crippen LogP contribution in [0.4, 0.5) is 0 Å². The fourth-order valence-electron chi connectivity index (χ4n) is 2.39. The van der Waals surface area contributed by atoms with E-state index in [0.717, 1.165) is 21.5 Å². The van der Waals surface area contributed by atoms with Crippen LogP contribution in [0.2, 0.25) is 0 Å². The van der Waals surface area contributed by atoms with Gasteiger partial charge < -0.3 is 9.30 Å². The SMILES string of the molecule is C=C[C@@H](C(=O)OC)c1c(SC)c2ccccc2n1C. The molecule has 0 spiro atoms. The van der Waals surface area contributed by atoms with Crippen molar-refractivity contribution in [2.24, 2.45) is 7.05 Å². The highest BCUT2D eigenvalue weighted by molar-refractivity contribution is 7.98. The van der Waals surface area contributed by atoms with Crippen molar-refractivity contribution >= 4 is 28.6 Å². The largest absolute Gasteiger partial charge is 0.468 e. The lowest BCUT2D eigenvalue weighted by Gasteiger charge is -2.13. The van der Waals surface area contributed by atoms with Gasteiger partial charge in [-0.3, -0.25) is 4.79 Å². The molecule has 1 heterocycles. The second-order valence-corrected chi connectivity index (χ2v) is 5.05. The van der Waals surface area contributed by atoms with Gasteiger partial charge in [-0.1, -0.05) is 24.3 Å². The second kappa shape index (κ2) is 5.53. The number of para-hydroxylation sites is 1. The van der Waals surface area contributed by atoms with Gasteiger partial charge in [-0.25, -0.2) is 0 Å². The Hall–Kier alpha value is -1.68. The quantitative estimate of drug-likeness (QED) is 0.487. The van der Waals surface area contributed by atoms with Crippen molar-refractivity contribution in [2.75, 3.05) is 13.4 Å². The molecule has 1 aromatic heterocycles. The van der Waals surface area contributed by atoms with Crippen molar-refractivity contribution in [1.29, 1.82) is 0 Å². The van der Waals surface area contributed by atoms with Crippen molar-refractivity contribution in [2.45, 2.75) is 10.8 Å². The predicted molar refractivity (Wildman–Crippen MR) is 79.7 cm³/mol. The molecule has 1 atom stereocenters. The highest BCUT2D eigenvalue weighted by atomic mass is 32.2. The molecule has 0 aliphatic rings. The van der Waals surface area contributed by atoms with Crippen LogP contribution in [0, 0.1) is 0 Å². The molecule has 0 amide bonds. The monoisotopic (exact) mass is 275 g/mol. The summed E-state index contributed by atoms with van der Waals surface area (Å²) >= 11 is 1.64. The van der Waals surface area contributed by atoms with E-state index in [-0.39, 0.29) is 5.97 Å². The molecule has 0 N–H and O–H groups in total. The summed E-state index contributed by atoms with van der Waals surface area (Å²) in [6.07, 6.45) is 3.66. The average molecular weight is 275 g/mol. The molecule has 1 aromatic carbocycles. The summed E-state index contributed by atoms with van der Waals surface area (Å²) in [5.41, 5.74) is 2.05. The summed E-state index contributed by atoms with van der Waals surface area (Å²) in [6, 6.07) is 8.13. The van der Waals surface area contributed by atoms with Gasteiger partial charge >= 0.3 is 5.97 Å². The summed E-state index contributed by atoms with van der Waals surface area (Å²) in [7, 11) is 3.37. The summed E-state index contributed by atoms with van der Waals surface area (Å²) in [5.74, 6) is -0.721. The lowest BCUT2D eigenvalue weighted by Crippen LogP contribution is -2.15. The number of aryl methyl sites for hydroxylation is 1. The van der Waals surface area contributed by atoms with Crippen LogP contribution in [-0.4, -0.2) is 23.9 Å². The fourth-order valence-corrected chi connectivity index (χ4v) is 3.25. The lowest BCUT2D eigenvalue weighted by molar-refractivity contribution is -0.141. The first-order valence-electron chi connectivity index (χ1n) is 5.97. The second-order valence-electron chi connectivity index (χ2n) is 4.23. The van der Waals surface area contributed by atoms with Crippen molar-refractivity contribution in [3.05, 3.63) is 42.6 Å². The molecule has 100 valence electrons. The van der Waals surface area contributed by atoms with E-state index >= 15 is 0 Å². The van der Waals surface area contributed by atoms with Crippen LogP contribution in [0.5, 0.6) is 0 Å². The molecule has 0 unspecified atom stereocenters. The van der Waals surface area contributed by atoms with Gasteiger partial charge in [-0.05, 0) is 12.3 Å². The van der Waals surface area contributed by atoms with Gasteiger partial charge in [-0.2, -0.15) is 0 Å². The molecule has 0 bridgehead atoms. The molecule has 0 saturated carbocycles. The Morgan fingerprint density at radius 3 is 2.74 bits per heavy atom. The lowest BCUT2D eigenvalue weighted by atomic mass is 10.1. The number of carbonyl (C=O) groups is 1. The predicted octanol–water partition coefficient (Wildman–Crippen LogP) is 3.34. The van der Waals surface area contributed by atoms with Gasteiger partial charge in [0.2, 0.25) is 0 Å². The zero-order valence-corrected chi connectivity index (χ0v) is 12.2. The molecule has 0 aliphatic carbocycles. The molecular weight excluding hydrogens is 258 g/mol. The Balaban J connectivity index is 2.74. The third-order valence-corrected chi connectivity index (χ3v) is 4.13. The van der Waals surface area contributed by atoms with E-state index in [1.807, 2.05) is 30.0 Å². The Kier molecular flexibility index (Phi) is 4.00. The zero-order valence-electron chi connectivity index (χ0n) is 11.3. The Bertz CT molecular complexity index is 630. The number of hydrogen-bond acceptors (Lipinski definition) is 3. The number of benzene rings is 1. The first kappa shape index (κ1) is 13.7. The minimum atomic E-state index is -0.440. The topological polar surface area (TPSA) is 31.2 Å². The fraction of sp³-hybridized carbons (Fsp3) is 0.267. The molecule has 2 rings (SSSR count). The van der Waals surface area contributed by atoms with Gasteiger partial charge in [0.1, 0.15) is 5.92 Å². The van der Waals surface area contributed by atoms with Crippen LogP contribution in [0.15, 0.2) is 41.8 Å². The number of ether oxygens (including phenoxy) is 1. The average Bonchev–Trinajstić information content (AvgIpc) is 2.73. The van der Waals surface area contributed by atoms with Crippen LogP contribution in [0.3, 0.4) is 0 Å². The number of thioether (sulfide) groups is 1. The van der Waals surface area contributed by atoms with Gasteiger partial charge in [0.05, 0.1) is 12.8 Å². The van der Waals surface area contributed by atoms with Gasteiger partial charge in [0.25, 0.3) is 0 Å². The van der Waals surface area contributed by atoms with E-state index in [1.54, 1.807) is 17.8 Å². The van der Waals surface area contributed by atoms with E-state index in [4.69, 9.17) is 4.74 Å². The van der Waals surface area contributed by atoms with Gasteiger partial charge in [0.15, 0.2) is 0 Å². The molecule has 4 heteroatoms. The Labute approximate surface area is 117 Å². The van der Waals surface area contributed by atoms with Crippen molar-refractivity contribution in [3.63, 3.8) is 0 Å². The Morgan fingerprint density at radius 1 is 1.47 bits per heavy atom. The molecular formula is C15H17NO2S. The maximum atomic E-state index is 11.9. The number of fused-ring (bicyclic) bond motifs is 1. The number of esters is 1. The summed E-state index contributed by atoms with van der Waals surface area (Å²) < 4.78 is 6.92. The summed E-state index contributed by atoms with van der Waals surface area (Å²) in [6.45, 7) is 3.77. The normalized spacial score (nSPS) is 12.4. The number of hydrogen-bond donors (Lipinski definition) is 0. The van der Waals surface area contributed by atoms with Crippen molar-refractivity contribution < 1.29 is 9.53 Å². The van der Waals surface area contributed by atoms with Crippen LogP contribution in [0.25, 0.3) is 10.9 Å². The van der Waals surface area contributed by atoms with Gasteiger partial charge in [0, 0.05) is 22.8 Å². The number of methoxy groups -OCH3 is 1. The number of rotatable bonds is 4. The highest BCUT2D eigenvalue weighted by Crippen LogP contribution is 2.37. The third-order valence-electron chi connectivity index (χ3n) is 3.29. The minimum absolute atomic E-state index is 0.281. The first-order chi connectivity index (χ1) is 9.15. The summed E-state index contributed by atoms with van der Waals surface area (Å²) in [4.78, 5) is 13.0. The zero-order chi connectivity index (χ0) is 14.0. The molecule has 2 aromatic rings. The highest BCUT2D eigenvalue weighted by Gasteiger charge is 2.26. The van der Waals surface area contributed by atoms with E-state index in [1.165, 1.54) is 7.11 Å². The standard InChI is InChI=1S/C15H17NO2S/c1-5-10(15(17)18-3)13-14(19-4)11-8-6-7-9-12(11)16(13)2/h5-10H,1H2,2-4H3/t10-/m1/s1. The third kappa shape index (κ3) is 2.16. The first-order valence-corrected chi connectivity index (χ1v) is 7.19. The smallest absolute Gasteiger partial charge is 0.318 e. The Morgan fingerprint density at radius 2 is 2.16 bits per heavy atom. The number of nitrogens with zero attached hydrogens (tertiary/aromatic N) is 1. The molecule has 3 nitrogen and oxygen atoms in total. The van der Waals surface area contributed by atoms with E-state index < -0.39 is 5.92 Å². The van der Waals surface area contributed by atoms with Crippen molar-refractivity contribution in [1.82, 2.24) is 4.57 Å². The van der Waals surface area contributed by atoms with Crippen LogP contribution < -0.4 is 0 Å². The molecule has 0 aliphatic heterocycles. The minimum Gasteiger partial charge on any atom is -0.468 e. The van der Waals surface area contributed by atoms with Crippen LogP contribution >= 0.6 is 11.8 Å².